The van der Waals surface area contributed by atoms with Crippen LogP contribution in [0.25, 0.3) is 11.0 Å². The highest BCUT2D eigenvalue weighted by atomic mass is 35.5. The standard InChI is InChI=1S/C13H16ClN5O2/c1-10(16-13(20)19(17-21)7-6-14)8-18-9-15-11-4-2-3-5-12(11)18/h2-5,9-10H,6-8H2,1H3,(H,16,20). The number of halogens is 1. The number of urea groups is 1. The Balaban J connectivity index is 1.99. The maximum absolute atomic E-state index is 11.8. The number of alkyl halides is 1. The van der Waals surface area contributed by atoms with Gasteiger partial charge < -0.3 is 9.88 Å². The zero-order valence-electron chi connectivity index (χ0n) is 11.6. The number of nitrogens with one attached hydrogen (secondary N) is 1. The zero-order chi connectivity index (χ0) is 15.2. The van der Waals surface area contributed by atoms with Crippen molar-refractivity contribution < 1.29 is 4.79 Å². The summed E-state index contributed by atoms with van der Waals surface area (Å²) in [4.78, 5) is 26.6. The highest BCUT2D eigenvalue weighted by Gasteiger charge is 2.16. The summed E-state index contributed by atoms with van der Waals surface area (Å²) in [6.07, 6.45) is 1.72. The molecule has 0 aliphatic carbocycles. The van der Waals surface area contributed by atoms with Crippen LogP contribution >= 0.6 is 11.6 Å². The quantitative estimate of drug-likeness (QED) is 0.505. The van der Waals surface area contributed by atoms with Gasteiger partial charge in [0.05, 0.1) is 29.2 Å². The van der Waals surface area contributed by atoms with Crippen molar-refractivity contribution in [2.75, 3.05) is 12.4 Å². The monoisotopic (exact) mass is 309 g/mol. The Morgan fingerprint density at radius 1 is 1.52 bits per heavy atom. The Morgan fingerprint density at radius 3 is 3.00 bits per heavy atom. The number of fused-ring (bicyclic) bond motifs is 1. The normalized spacial score (nSPS) is 12.1. The maximum atomic E-state index is 11.8. The fraction of sp³-hybridized carbons (Fsp3) is 0.385. The SMILES string of the molecule is CC(Cn1cnc2ccccc21)NC(=O)N(CCCl)N=O. The van der Waals surface area contributed by atoms with Gasteiger partial charge in [0, 0.05) is 18.5 Å². The van der Waals surface area contributed by atoms with E-state index in [9.17, 15) is 9.70 Å². The molecule has 7 nitrogen and oxygen atoms in total. The van der Waals surface area contributed by atoms with Gasteiger partial charge in [0.15, 0.2) is 0 Å². The van der Waals surface area contributed by atoms with Crippen LogP contribution in [0.1, 0.15) is 6.92 Å². The van der Waals surface area contributed by atoms with Crippen LogP contribution in [-0.4, -0.2) is 39.1 Å². The van der Waals surface area contributed by atoms with E-state index in [1.165, 1.54) is 0 Å². The Bertz CT molecular complexity index is 630. The van der Waals surface area contributed by atoms with Crippen molar-refractivity contribution >= 4 is 28.7 Å². The van der Waals surface area contributed by atoms with E-state index in [0.717, 1.165) is 16.0 Å². The Morgan fingerprint density at radius 2 is 2.29 bits per heavy atom. The summed E-state index contributed by atoms with van der Waals surface area (Å²) in [5, 5.41) is 6.12. The summed E-state index contributed by atoms with van der Waals surface area (Å²) in [6, 6.07) is 7.00. The number of hydrogen-bond donors (Lipinski definition) is 1. The molecular formula is C13H16ClN5O2. The van der Waals surface area contributed by atoms with Gasteiger partial charge >= 0.3 is 6.03 Å². The molecule has 2 aromatic rings. The first kappa shape index (κ1) is 15.2. The van der Waals surface area contributed by atoms with Crippen LogP contribution in [0.4, 0.5) is 4.79 Å². The van der Waals surface area contributed by atoms with E-state index in [1.807, 2.05) is 35.8 Å². The molecule has 1 unspecified atom stereocenters. The first-order valence-electron chi connectivity index (χ1n) is 6.53. The van der Waals surface area contributed by atoms with Crippen LogP contribution in [0.15, 0.2) is 35.9 Å². The van der Waals surface area contributed by atoms with Crippen LogP contribution in [0.5, 0.6) is 0 Å². The molecule has 21 heavy (non-hydrogen) atoms. The molecule has 1 aromatic heterocycles. The number of rotatable bonds is 6. The predicted octanol–water partition coefficient (Wildman–Crippen LogP) is 2.36. The molecule has 1 N–H and O–H groups in total. The van der Waals surface area contributed by atoms with Crippen molar-refractivity contribution in [1.29, 1.82) is 0 Å². The molecule has 1 atom stereocenters. The minimum atomic E-state index is -0.553. The third-order valence-electron chi connectivity index (χ3n) is 3.00. The molecule has 112 valence electrons. The molecule has 0 aliphatic heterocycles. The minimum Gasteiger partial charge on any atom is -0.332 e. The second kappa shape index (κ2) is 7.03. The summed E-state index contributed by atoms with van der Waals surface area (Å²) in [7, 11) is 0. The molecule has 0 saturated carbocycles. The number of para-hydroxylation sites is 2. The molecule has 0 aliphatic rings. The minimum absolute atomic E-state index is 0.0810. The lowest BCUT2D eigenvalue weighted by molar-refractivity contribution is 0.197. The first-order chi connectivity index (χ1) is 10.2. The molecule has 0 radical (unpaired) electrons. The number of imidazole rings is 1. The second-order valence-corrected chi connectivity index (χ2v) is 5.01. The van der Waals surface area contributed by atoms with Crippen LogP contribution in [0.2, 0.25) is 0 Å². The molecule has 0 fully saturated rings. The average Bonchev–Trinajstić information content (AvgIpc) is 2.88. The van der Waals surface area contributed by atoms with Gasteiger partial charge in [0.25, 0.3) is 0 Å². The van der Waals surface area contributed by atoms with Crippen molar-refractivity contribution in [2.24, 2.45) is 5.29 Å². The topological polar surface area (TPSA) is 79.6 Å². The lowest BCUT2D eigenvalue weighted by Gasteiger charge is -2.18. The molecule has 0 bridgehead atoms. The number of hydrogen-bond acceptors (Lipinski definition) is 4. The van der Waals surface area contributed by atoms with Crippen molar-refractivity contribution in [3.8, 4) is 0 Å². The Hall–Kier alpha value is -2.15. The summed E-state index contributed by atoms with van der Waals surface area (Å²) in [6.45, 7) is 2.47. The third-order valence-corrected chi connectivity index (χ3v) is 3.17. The molecule has 2 amide bonds. The third kappa shape index (κ3) is 3.69. The van der Waals surface area contributed by atoms with Gasteiger partial charge in [0.1, 0.15) is 0 Å². The lowest BCUT2D eigenvalue weighted by atomic mass is 10.3. The molecule has 2 rings (SSSR count). The molecule has 0 spiro atoms. The van der Waals surface area contributed by atoms with E-state index in [1.54, 1.807) is 6.33 Å². The van der Waals surface area contributed by atoms with Crippen LogP contribution in [-0.2, 0) is 6.54 Å². The van der Waals surface area contributed by atoms with Crippen LogP contribution in [0, 0.1) is 4.91 Å². The number of benzene rings is 1. The van der Waals surface area contributed by atoms with E-state index in [0.29, 0.717) is 6.54 Å². The average molecular weight is 310 g/mol. The number of nitrogens with zero attached hydrogens (tertiary/aromatic N) is 4. The summed E-state index contributed by atoms with van der Waals surface area (Å²) in [5.74, 6) is 0.152. The molecule has 1 heterocycles. The van der Waals surface area contributed by atoms with Gasteiger partial charge in [-0.25, -0.2) is 9.78 Å². The highest BCUT2D eigenvalue weighted by Crippen LogP contribution is 2.12. The fourth-order valence-electron chi connectivity index (χ4n) is 2.04. The largest absolute Gasteiger partial charge is 0.340 e. The van der Waals surface area contributed by atoms with Gasteiger partial charge in [-0.2, -0.15) is 5.01 Å². The maximum Gasteiger partial charge on any atom is 0.340 e. The molecule has 8 heteroatoms. The number of carbonyl (C=O) groups is 1. The number of carbonyl (C=O) groups excluding carboxylic acids is 1. The molecular weight excluding hydrogens is 294 g/mol. The summed E-state index contributed by atoms with van der Waals surface area (Å²) >= 11 is 5.50. The van der Waals surface area contributed by atoms with Crippen molar-refractivity contribution in [2.45, 2.75) is 19.5 Å². The van der Waals surface area contributed by atoms with E-state index < -0.39 is 6.03 Å². The van der Waals surface area contributed by atoms with Crippen LogP contribution in [0.3, 0.4) is 0 Å². The second-order valence-electron chi connectivity index (χ2n) is 4.63. The van der Waals surface area contributed by atoms with E-state index >= 15 is 0 Å². The van der Waals surface area contributed by atoms with Gasteiger partial charge in [-0.15, -0.1) is 16.5 Å². The van der Waals surface area contributed by atoms with Gasteiger partial charge in [-0.05, 0) is 19.1 Å². The molecule has 0 saturated heterocycles. The van der Waals surface area contributed by atoms with E-state index in [4.69, 9.17) is 11.6 Å². The first-order valence-corrected chi connectivity index (χ1v) is 7.06. The summed E-state index contributed by atoms with van der Waals surface area (Å²) < 4.78 is 1.94. The summed E-state index contributed by atoms with van der Waals surface area (Å²) in [5.41, 5.74) is 1.89. The molecule has 1 aromatic carbocycles. The number of aromatic nitrogens is 2. The Labute approximate surface area is 126 Å². The van der Waals surface area contributed by atoms with E-state index in [2.05, 4.69) is 15.6 Å². The smallest absolute Gasteiger partial charge is 0.332 e. The van der Waals surface area contributed by atoms with Crippen LogP contribution < -0.4 is 5.32 Å². The predicted molar refractivity (Wildman–Crippen MR) is 80.9 cm³/mol. The fourth-order valence-corrected chi connectivity index (χ4v) is 2.20. The number of amides is 2. The van der Waals surface area contributed by atoms with Gasteiger partial charge in [-0.3, -0.25) is 0 Å². The number of nitroso groups, excluding NO2 is 1. The van der Waals surface area contributed by atoms with E-state index in [-0.39, 0.29) is 18.5 Å². The van der Waals surface area contributed by atoms with Gasteiger partial charge in [0.2, 0.25) is 0 Å². The lowest BCUT2D eigenvalue weighted by Crippen LogP contribution is -2.43. The van der Waals surface area contributed by atoms with Crippen molar-refractivity contribution in [1.82, 2.24) is 19.9 Å². The van der Waals surface area contributed by atoms with Crippen molar-refractivity contribution in [3.05, 3.63) is 35.5 Å². The highest BCUT2D eigenvalue weighted by molar-refractivity contribution is 6.18. The van der Waals surface area contributed by atoms with Gasteiger partial charge in [-0.1, -0.05) is 12.1 Å². The zero-order valence-corrected chi connectivity index (χ0v) is 12.3. The Kier molecular flexibility index (Phi) is 5.10. The van der Waals surface area contributed by atoms with Crippen molar-refractivity contribution in [3.63, 3.8) is 0 Å².